The topological polar surface area (TPSA) is 105 Å². The van der Waals surface area contributed by atoms with Gasteiger partial charge in [0.2, 0.25) is 0 Å². The van der Waals surface area contributed by atoms with Crippen LogP contribution in [0.15, 0.2) is 11.6 Å². The lowest BCUT2D eigenvalue weighted by molar-refractivity contribution is -0.145. The number of hydrazine groups is 1. The Kier molecular flexibility index (Phi) is 5.55. The molecule has 20 heavy (non-hydrogen) atoms. The van der Waals surface area contributed by atoms with Crippen LogP contribution in [-0.2, 0) is 14.3 Å². The molecule has 0 aromatic heterocycles. The van der Waals surface area contributed by atoms with Crippen molar-refractivity contribution in [1.82, 2.24) is 10.9 Å². The number of carboxylic acid groups (broad SMARTS) is 1. The van der Waals surface area contributed by atoms with Crippen molar-refractivity contribution in [3.05, 3.63) is 11.6 Å². The maximum atomic E-state index is 12.2. The summed E-state index contributed by atoms with van der Waals surface area (Å²) in [6, 6.07) is 0. The molecule has 0 fully saturated rings. The number of hydrogen-bond acceptors (Lipinski definition) is 4. The monoisotopic (exact) mass is 298 g/mol. The van der Waals surface area contributed by atoms with E-state index >= 15 is 0 Å². The van der Waals surface area contributed by atoms with Crippen LogP contribution in [0.4, 0.5) is 18.0 Å². The molecule has 0 aromatic carbocycles. The van der Waals surface area contributed by atoms with Crippen LogP contribution in [0.25, 0.3) is 0 Å². The van der Waals surface area contributed by atoms with E-state index in [1.54, 1.807) is 10.9 Å². The number of carbonyl (C=O) groups is 3. The Balaban J connectivity index is 4.63. The van der Waals surface area contributed by atoms with Crippen LogP contribution in [0.2, 0.25) is 0 Å². The molecule has 0 radical (unpaired) electrons. The molecule has 3 N–H and O–H groups in total. The van der Waals surface area contributed by atoms with Crippen molar-refractivity contribution in [2.75, 3.05) is 0 Å². The molecule has 114 valence electrons. The van der Waals surface area contributed by atoms with Crippen LogP contribution >= 0.6 is 0 Å². The minimum absolute atomic E-state index is 0.195. The molecule has 0 unspecified atom stereocenters. The predicted molar refractivity (Wildman–Crippen MR) is 59.3 cm³/mol. The smallest absolute Gasteiger partial charge is 0.426 e. The van der Waals surface area contributed by atoms with E-state index in [-0.39, 0.29) is 6.08 Å². The van der Waals surface area contributed by atoms with E-state index < -0.39 is 35.3 Å². The quantitative estimate of drug-likeness (QED) is 0.523. The first kappa shape index (κ1) is 17.7. The lowest BCUT2D eigenvalue weighted by Gasteiger charge is -2.19. The van der Waals surface area contributed by atoms with Gasteiger partial charge in [0.1, 0.15) is 11.2 Å². The van der Waals surface area contributed by atoms with Gasteiger partial charge in [0.05, 0.1) is 0 Å². The number of nitrogens with one attached hydrogen (secondary N) is 2. The summed E-state index contributed by atoms with van der Waals surface area (Å²) in [5.74, 6) is -3.78. The summed E-state index contributed by atoms with van der Waals surface area (Å²) < 4.78 is 41.3. The normalized spacial score (nSPS) is 12.6. The largest absolute Gasteiger partial charge is 0.478 e. The maximum absolute atomic E-state index is 12.2. The van der Waals surface area contributed by atoms with E-state index in [0.717, 1.165) is 0 Å². The number of alkyl halides is 3. The van der Waals surface area contributed by atoms with E-state index in [1.807, 2.05) is 0 Å². The third-order valence-electron chi connectivity index (χ3n) is 1.50. The van der Waals surface area contributed by atoms with Gasteiger partial charge in [-0.15, -0.1) is 0 Å². The minimum atomic E-state index is -5.20. The van der Waals surface area contributed by atoms with Gasteiger partial charge in [0, 0.05) is 6.08 Å². The third-order valence-corrected chi connectivity index (χ3v) is 1.50. The second-order valence-corrected chi connectivity index (χ2v) is 4.48. The van der Waals surface area contributed by atoms with Crippen molar-refractivity contribution in [3.8, 4) is 0 Å². The molecule has 0 aliphatic carbocycles. The standard InChI is InChI=1S/C10H13F3N2O5/c1-9(2,3)20-8(19)15-14-6(16)4-5(7(17)18)10(11,12)13/h4H,1-3H3,(H,14,16)(H,15,19)(H,17,18)/b5-4+. The molecule has 0 heterocycles. The summed E-state index contributed by atoms with van der Waals surface area (Å²) in [7, 11) is 0. The molecule has 0 aliphatic heterocycles. The summed E-state index contributed by atoms with van der Waals surface area (Å²) in [6.07, 6.45) is -6.50. The highest BCUT2D eigenvalue weighted by molar-refractivity contribution is 5.98. The summed E-state index contributed by atoms with van der Waals surface area (Å²) >= 11 is 0. The fourth-order valence-electron chi connectivity index (χ4n) is 0.848. The minimum Gasteiger partial charge on any atom is -0.478 e. The van der Waals surface area contributed by atoms with Gasteiger partial charge in [-0.2, -0.15) is 13.2 Å². The molecule has 0 aromatic rings. The van der Waals surface area contributed by atoms with Gasteiger partial charge in [0.25, 0.3) is 5.91 Å². The van der Waals surface area contributed by atoms with E-state index in [2.05, 4.69) is 4.74 Å². The number of aliphatic carboxylic acids is 1. The Morgan fingerprint density at radius 2 is 1.60 bits per heavy atom. The first-order chi connectivity index (χ1) is 8.83. The Hall–Kier alpha value is -2.26. The molecule has 10 heteroatoms. The highest BCUT2D eigenvalue weighted by Gasteiger charge is 2.39. The van der Waals surface area contributed by atoms with Gasteiger partial charge in [-0.1, -0.05) is 0 Å². The molecule has 0 aliphatic rings. The number of halogens is 3. The molecule has 0 saturated heterocycles. The number of carboxylic acids is 1. The van der Waals surface area contributed by atoms with Crippen molar-refractivity contribution in [1.29, 1.82) is 0 Å². The Morgan fingerprint density at radius 3 is 1.95 bits per heavy atom. The summed E-state index contributed by atoms with van der Waals surface area (Å²) in [4.78, 5) is 32.5. The van der Waals surface area contributed by atoms with E-state index in [9.17, 15) is 27.6 Å². The van der Waals surface area contributed by atoms with Crippen LogP contribution in [0.1, 0.15) is 20.8 Å². The zero-order valence-corrected chi connectivity index (χ0v) is 10.8. The number of amides is 2. The highest BCUT2D eigenvalue weighted by Crippen LogP contribution is 2.25. The fourth-order valence-corrected chi connectivity index (χ4v) is 0.848. The first-order valence-electron chi connectivity index (χ1n) is 5.14. The molecular formula is C10H13F3N2O5. The zero-order valence-electron chi connectivity index (χ0n) is 10.8. The Morgan fingerprint density at radius 1 is 1.10 bits per heavy atom. The Bertz CT molecular complexity index is 437. The Labute approximate surface area is 111 Å². The maximum Gasteiger partial charge on any atom is 0.426 e. The van der Waals surface area contributed by atoms with Gasteiger partial charge in [-0.3, -0.25) is 10.2 Å². The van der Waals surface area contributed by atoms with E-state index in [0.29, 0.717) is 0 Å². The van der Waals surface area contributed by atoms with Crippen molar-refractivity contribution >= 4 is 18.0 Å². The van der Waals surface area contributed by atoms with Gasteiger partial charge in [-0.05, 0) is 20.8 Å². The second kappa shape index (κ2) is 6.26. The number of ether oxygens (including phenoxy) is 1. The first-order valence-corrected chi connectivity index (χ1v) is 5.14. The zero-order chi connectivity index (χ0) is 16.1. The summed E-state index contributed by atoms with van der Waals surface area (Å²) in [6.45, 7) is 4.58. The van der Waals surface area contributed by atoms with Crippen LogP contribution in [-0.4, -0.2) is 34.9 Å². The summed E-state index contributed by atoms with van der Waals surface area (Å²) in [5, 5.41) is 8.31. The van der Waals surface area contributed by atoms with Crippen LogP contribution < -0.4 is 10.9 Å². The van der Waals surface area contributed by atoms with Crippen LogP contribution in [0.5, 0.6) is 0 Å². The lowest BCUT2D eigenvalue weighted by Crippen LogP contribution is -2.44. The third kappa shape index (κ3) is 7.24. The predicted octanol–water partition coefficient (Wildman–Crippen LogP) is 1.12. The van der Waals surface area contributed by atoms with Crippen LogP contribution in [0, 0.1) is 0 Å². The van der Waals surface area contributed by atoms with Crippen molar-refractivity contribution in [2.24, 2.45) is 0 Å². The number of carbonyl (C=O) groups excluding carboxylic acids is 2. The molecular weight excluding hydrogens is 285 g/mol. The molecule has 0 rings (SSSR count). The van der Waals surface area contributed by atoms with Crippen molar-refractivity contribution in [3.63, 3.8) is 0 Å². The van der Waals surface area contributed by atoms with Crippen molar-refractivity contribution < 1.29 is 37.4 Å². The van der Waals surface area contributed by atoms with Gasteiger partial charge >= 0.3 is 18.2 Å². The van der Waals surface area contributed by atoms with Gasteiger partial charge in [-0.25, -0.2) is 15.0 Å². The van der Waals surface area contributed by atoms with E-state index in [4.69, 9.17) is 5.11 Å². The second-order valence-electron chi connectivity index (χ2n) is 4.48. The molecule has 0 saturated carbocycles. The fraction of sp³-hybridized carbons (Fsp3) is 0.500. The average Bonchev–Trinajstić information content (AvgIpc) is 2.18. The molecule has 0 spiro atoms. The molecule has 7 nitrogen and oxygen atoms in total. The number of hydrogen-bond donors (Lipinski definition) is 3. The number of rotatable bonds is 2. The lowest BCUT2D eigenvalue weighted by atomic mass is 10.2. The van der Waals surface area contributed by atoms with Gasteiger partial charge < -0.3 is 9.84 Å². The highest BCUT2D eigenvalue weighted by atomic mass is 19.4. The average molecular weight is 298 g/mol. The molecule has 2 amide bonds. The van der Waals surface area contributed by atoms with Gasteiger partial charge in [0.15, 0.2) is 0 Å². The molecule has 0 atom stereocenters. The van der Waals surface area contributed by atoms with E-state index in [1.165, 1.54) is 20.8 Å². The summed E-state index contributed by atoms with van der Waals surface area (Å²) in [5.41, 5.74) is 0.288. The van der Waals surface area contributed by atoms with Crippen molar-refractivity contribution in [2.45, 2.75) is 32.5 Å². The SMILES string of the molecule is CC(C)(C)OC(=O)NNC(=O)/C=C(\C(=O)O)C(F)(F)F. The van der Waals surface area contributed by atoms with Crippen LogP contribution in [0.3, 0.4) is 0 Å². The molecule has 0 bridgehead atoms.